The second-order valence-corrected chi connectivity index (χ2v) is 4.48. The Morgan fingerprint density at radius 3 is 2.50 bits per heavy atom. The Morgan fingerprint density at radius 2 is 2.00 bits per heavy atom. The van der Waals surface area contributed by atoms with Crippen molar-refractivity contribution in [2.45, 2.75) is 18.6 Å². The fraction of sp³-hybridized carbons (Fsp3) is 1.00. The monoisotopic (exact) mass is 175 g/mol. The van der Waals surface area contributed by atoms with Crippen molar-refractivity contribution in [3.63, 3.8) is 0 Å². The van der Waals surface area contributed by atoms with Gasteiger partial charge in [0.15, 0.2) is 0 Å². The molecule has 1 atom stereocenters. The Kier molecular flexibility index (Phi) is 2.92. The third-order valence-corrected chi connectivity index (χ3v) is 3.18. The average Bonchev–Trinajstić information content (AvgIpc) is 2.19. The van der Waals surface area contributed by atoms with Crippen LogP contribution < -0.4 is 0 Å². The maximum atomic E-state index is 2.60. The molecule has 0 aliphatic carbocycles. The molecule has 8 heavy (non-hydrogen) atoms. The summed E-state index contributed by atoms with van der Waals surface area (Å²) in [4.78, 5) is 2.60. The molecule has 1 nitrogen and oxygen atoms in total. The van der Waals surface area contributed by atoms with Crippen LogP contribution in [-0.2, 0) is 0 Å². The third-order valence-electron chi connectivity index (χ3n) is 1.58. The van der Waals surface area contributed by atoms with Gasteiger partial charge in [-0.25, -0.2) is 0 Å². The van der Waals surface area contributed by atoms with Crippen LogP contribution in [0.15, 0.2) is 0 Å². The molecule has 0 amide bonds. The normalized spacial score (nSPS) is 23.6. The van der Waals surface area contributed by atoms with Gasteiger partial charge in [-0.2, -0.15) is 0 Å². The minimum absolute atomic E-state index is 0.411. The van der Waals surface area contributed by atoms with E-state index in [0.29, 0.717) is 15.8 Å². The molecule has 0 saturated carbocycles. The van der Waals surface area contributed by atoms with Gasteiger partial charge >= 0.3 is 57.6 Å². The van der Waals surface area contributed by atoms with Gasteiger partial charge in [-0.3, -0.25) is 0 Å². The summed E-state index contributed by atoms with van der Waals surface area (Å²) in [6.07, 6.45) is 2.90. The van der Waals surface area contributed by atoms with Crippen molar-refractivity contribution in [2.24, 2.45) is 0 Å². The summed E-state index contributed by atoms with van der Waals surface area (Å²) in [6.45, 7) is 2.77. The molecule has 1 fully saturated rings. The van der Waals surface area contributed by atoms with Gasteiger partial charge in [0.25, 0.3) is 0 Å². The van der Waals surface area contributed by atoms with Crippen LogP contribution in [0.1, 0.15) is 12.8 Å². The number of hydrogen-bond donors (Lipinski definition) is 0. The zero-order valence-corrected chi connectivity index (χ0v) is 7.58. The number of nitrogens with zero attached hydrogens (tertiary/aromatic N) is 1. The van der Waals surface area contributed by atoms with E-state index in [-0.39, 0.29) is 0 Å². The summed E-state index contributed by atoms with van der Waals surface area (Å²) >= 11 is 0.411. The summed E-state index contributed by atoms with van der Waals surface area (Å²) in [7, 11) is 0. The maximum absolute atomic E-state index is 2.60. The predicted molar refractivity (Wildman–Crippen MR) is 38.7 cm³/mol. The number of likely N-dealkylation sites (tertiary alicyclic amines) is 1. The first-order valence-electron chi connectivity index (χ1n) is 3.30. The van der Waals surface area contributed by atoms with Gasteiger partial charge in [-0.05, 0) is 0 Å². The van der Waals surface area contributed by atoms with E-state index in [9.17, 15) is 0 Å². The Bertz CT molecular complexity index is 59.5. The zero-order chi connectivity index (χ0) is 5.82. The molecule has 0 bridgehead atoms. The van der Waals surface area contributed by atoms with Gasteiger partial charge < -0.3 is 0 Å². The second kappa shape index (κ2) is 3.53. The van der Waals surface area contributed by atoms with E-state index in [4.69, 9.17) is 0 Å². The molecule has 0 aromatic carbocycles. The van der Waals surface area contributed by atoms with Gasteiger partial charge in [-0.1, -0.05) is 0 Å². The molecule has 1 saturated heterocycles. The summed E-state index contributed by atoms with van der Waals surface area (Å²) < 4.78 is 0. The van der Waals surface area contributed by atoms with Gasteiger partial charge in [-0.15, -0.1) is 0 Å². The van der Waals surface area contributed by atoms with E-state index in [1.807, 2.05) is 0 Å². The first kappa shape index (κ1) is 6.64. The van der Waals surface area contributed by atoms with E-state index in [1.165, 1.54) is 31.3 Å². The van der Waals surface area contributed by atoms with Crippen LogP contribution in [0.5, 0.6) is 0 Å². The average molecular weight is 175 g/mol. The molecule has 2 heteroatoms. The second-order valence-electron chi connectivity index (χ2n) is 2.34. The van der Waals surface area contributed by atoms with Gasteiger partial charge in [0.1, 0.15) is 0 Å². The molecule has 1 aliphatic heterocycles. The van der Waals surface area contributed by atoms with Crippen LogP contribution in [0.25, 0.3) is 0 Å². The summed E-state index contributed by atoms with van der Waals surface area (Å²) in [5.74, 6) is 0. The van der Waals surface area contributed by atoms with E-state index in [1.54, 1.807) is 0 Å². The predicted octanol–water partition coefficient (Wildman–Crippen LogP) is 0.524. The summed E-state index contributed by atoms with van der Waals surface area (Å²) in [6, 6.07) is 0. The van der Waals surface area contributed by atoms with Crippen molar-refractivity contribution in [2.75, 3.05) is 18.4 Å². The van der Waals surface area contributed by atoms with Crippen LogP contribution in [0.3, 0.4) is 0 Å². The van der Waals surface area contributed by atoms with E-state index >= 15 is 0 Å². The molecule has 1 rings (SSSR count). The molecular formula is C6H14AsN. The summed E-state index contributed by atoms with van der Waals surface area (Å²) in [5, 5.41) is 1.44. The molecule has 1 aliphatic rings. The first-order valence-corrected chi connectivity index (χ1v) is 6.88. The fourth-order valence-electron chi connectivity index (χ4n) is 1.16. The van der Waals surface area contributed by atoms with Gasteiger partial charge in [0, 0.05) is 0 Å². The van der Waals surface area contributed by atoms with Crippen LogP contribution in [0.4, 0.5) is 0 Å². The Morgan fingerprint density at radius 1 is 1.38 bits per heavy atom. The van der Waals surface area contributed by atoms with Crippen molar-refractivity contribution in [1.82, 2.24) is 4.90 Å². The van der Waals surface area contributed by atoms with Gasteiger partial charge in [0.2, 0.25) is 0 Å². The molecule has 0 aromatic heterocycles. The quantitative estimate of drug-likeness (QED) is 0.553. The first-order chi connectivity index (χ1) is 3.93. The minimum atomic E-state index is 0.411. The van der Waals surface area contributed by atoms with E-state index in [2.05, 4.69) is 10.6 Å². The van der Waals surface area contributed by atoms with Crippen molar-refractivity contribution in [3.05, 3.63) is 0 Å². The fourth-order valence-corrected chi connectivity index (χ4v) is 2.77. The Labute approximate surface area is 58.1 Å². The standard InChI is InChI=1S/C6H14AsN/c1-7-6-8-4-2-3-5-8/h7H,2-6H2,1H3. The number of rotatable bonds is 2. The number of hydrogen-bond acceptors (Lipinski definition) is 1. The summed E-state index contributed by atoms with van der Waals surface area (Å²) in [5.41, 5.74) is 2.37. The molecule has 0 radical (unpaired) electrons. The molecule has 0 N–H and O–H groups in total. The van der Waals surface area contributed by atoms with Crippen LogP contribution in [0.2, 0.25) is 5.71 Å². The SMILES string of the molecule is C[AsH]CN1CCCC1. The zero-order valence-electron chi connectivity index (χ0n) is 5.48. The van der Waals surface area contributed by atoms with Crippen molar-refractivity contribution >= 4 is 15.8 Å². The van der Waals surface area contributed by atoms with E-state index < -0.39 is 0 Å². The molecule has 48 valence electrons. The molecule has 1 heterocycles. The molecular weight excluding hydrogens is 161 g/mol. The Hall–Kier alpha value is 0.518. The van der Waals surface area contributed by atoms with Crippen molar-refractivity contribution in [3.8, 4) is 0 Å². The Balaban J connectivity index is 2.06. The van der Waals surface area contributed by atoms with Crippen molar-refractivity contribution in [1.29, 1.82) is 0 Å². The molecule has 0 aromatic rings. The van der Waals surface area contributed by atoms with Gasteiger partial charge in [0.05, 0.1) is 0 Å². The topological polar surface area (TPSA) is 3.24 Å². The van der Waals surface area contributed by atoms with Crippen LogP contribution in [-0.4, -0.2) is 39.1 Å². The van der Waals surface area contributed by atoms with Crippen LogP contribution in [0, 0.1) is 0 Å². The molecule has 1 unspecified atom stereocenters. The third kappa shape index (κ3) is 1.79. The molecule has 0 spiro atoms. The van der Waals surface area contributed by atoms with Crippen molar-refractivity contribution < 1.29 is 0 Å². The van der Waals surface area contributed by atoms with Crippen LogP contribution >= 0.6 is 0 Å². The van der Waals surface area contributed by atoms with E-state index in [0.717, 1.165) is 0 Å².